The molecule has 0 fully saturated rings. The number of carbonyl (C=O) groups is 3. The molecule has 0 heterocycles. The van der Waals surface area contributed by atoms with Crippen molar-refractivity contribution < 1.29 is 34.1 Å². The highest BCUT2D eigenvalue weighted by atomic mass is 16.5. The zero-order valence-corrected chi connectivity index (χ0v) is 10.7. The Hall–Kier alpha value is -2.83. The first-order valence-corrected chi connectivity index (χ1v) is 5.44. The van der Waals surface area contributed by atoms with Crippen LogP contribution in [0.5, 0.6) is 17.2 Å². The van der Waals surface area contributed by atoms with Crippen LogP contribution >= 0.6 is 0 Å². The van der Waals surface area contributed by atoms with E-state index in [1.165, 1.54) is 0 Å². The van der Waals surface area contributed by atoms with E-state index in [0.29, 0.717) is 0 Å². The molecule has 0 atom stereocenters. The van der Waals surface area contributed by atoms with Gasteiger partial charge in [-0.2, -0.15) is 0 Å². The van der Waals surface area contributed by atoms with Crippen molar-refractivity contribution in [3.8, 4) is 17.2 Å². The van der Waals surface area contributed by atoms with Crippen molar-refractivity contribution in [3.63, 3.8) is 0 Å². The summed E-state index contributed by atoms with van der Waals surface area (Å²) >= 11 is 0. The standard InChI is InChI=1S/C13H12O7/c1-7(14)19-11-5-9(16)6-12(20-8(2)15)10(11)3-4-13(17)18/h3-6,16H,1-2H3,(H,17,18). The average molecular weight is 280 g/mol. The first kappa shape index (κ1) is 15.2. The minimum absolute atomic E-state index is 0.0515. The fraction of sp³-hybridized carbons (Fsp3) is 0.154. The van der Waals surface area contributed by atoms with Crippen LogP contribution in [0.15, 0.2) is 18.2 Å². The van der Waals surface area contributed by atoms with E-state index in [-0.39, 0.29) is 22.8 Å². The van der Waals surface area contributed by atoms with Gasteiger partial charge in [-0.1, -0.05) is 0 Å². The lowest BCUT2D eigenvalue weighted by molar-refractivity contribution is -0.132. The molecule has 0 aliphatic carbocycles. The number of rotatable bonds is 4. The topological polar surface area (TPSA) is 110 Å². The Bertz CT molecular complexity index is 549. The molecular formula is C13H12O7. The summed E-state index contributed by atoms with van der Waals surface area (Å²) in [6.45, 7) is 2.28. The maximum atomic E-state index is 11.0. The molecule has 20 heavy (non-hydrogen) atoms. The molecule has 0 aliphatic rings. The van der Waals surface area contributed by atoms with Crippen molar-refractivity contribution in [3.05, 3.63) is 23.8 Å². The summed E-state index contributed by atoms with van der Waals surface area (Å²) in [5.41, 5.74) is 0.0515. The van der Waals surface area contributed by atoms with E-state index >= 15 is 0 Å². The Morgan fingerprint density at radius 3 is 1.85 bits per heavy atom. The predicted octanol–water partition coefficient (Wildman–Crippen LogP) is 1.34. The van der Waals surface area contributed by atoms with Gasteiger partial charge in [-0.25, -0.2) is 4.79 Å². The molecule has 7 heteroatoms. The number of phenolic OH excluding ortho intramolecular Hbond substituents is 1. The molecule has 0 bridgehead atoms. The molecule has 0 aromatic heterocycles. The number of aliphatic carboxylic acids is 1. The van der Waals surface area contributed by atoms with E-state index in [1.807, 2.05) is 0 Å². The van der Waals surface area contributed by atoms with E-state index in [4.69, 9.17) is 14.6 Å². The number of carboxylic acid groups (broad SMARTS) is 1. The second-order valence-electron chi connectivity index (χ2n) is 3.71. The normalized spacial score (nSPS) is 10.3. The number of phenols is 1. The maximum absolute atomic E-state index is 11.0. The van der Waals surface area contributed by atoms with Crippen molar-refractivity contribution in [2.24, 2.45) is 0 Å². The molecule has 0 saturated heterocycles. The number of hydrogen-bond donors (Lipinski definition) is 2. The number of benzene rings is 1. The van der Waals surface area contributed by atoms with Gasteiger partial charge in [-0.3, -0.25) is 9.59 Å². The van der Waals surface area contributed by atoms with E-state index in [1.54, 1.807) is 0 Å². The van der Waals surface area contributed by atoms with Gasteiger partial charge in [0.25, 0.3) is 0 Å². The molecule has 1 aromatic rings. The second-order valence-corrected chi connectivity index (χ2v) is 3.71. The highest BCUT2D eigenvalue weighted by Crippen LogP contribution is 2.35. The Morgan fingerprint density at radius 1 is 1.05 bits per heavy atom. The zero-order chi connectivity index (χ0) is 15.3. The van der Waals surface area contributed by atoms with Crippen LogP contribution in [0.3, 0.4) is 0 Å². The monoisotopic (exact) mass is 280 g/mol. The van der Waals surface area contributed by atoms with Crippen molar-refractivity contribution >= 4 is 24.0 Å². The van der Waals surface area contributed by atoms with Gasteiger partial charge in [-0.05, 0) is 6.08 Å². The Morgan fingerprint density at radius 2 is 1.50 bits per heavy atom. The summed E-state index contributed by atoms with van der Waals surface area (Å²) in [5.74, 6) is -3.12. The lowest BCUT2D eigenvalue weighted by atomic mass is 10.1. The van der Waals surface area contributed by atoms with E-state index in [9.17, 15) is 19.5 Å². The molecule has 0 spiro atoms. The molecule has 2 N–H and O–H groups in total. The fourth-order valence-corrected chi connectivity index (χ4v) is 1.38. The van der Waals surface area contributed by atoms with Gasteiger partial charge in [-0.15, -0.1) is 0 Å². The van der Waals surface area contributed by atoms with Crippen molar-refractivity contribution in [1.82, 2.24) is 0 Å². The fourth-order valence-electron chi connectivity index (χ4n) is 1.38. The van der Waals surface area contributed by atoms with Gasteiger partial charge >= 0.3 is 17.9 Å². The average Bonchev–Trinajstić information content (AvgIpc) is 2.25. The first-order valence-electron chi connectivity index (χ1n) is 5.44. The van der Waals surface area contributed by atoms with E-state index < -0.39 is 17.9 Å². The number of aromatic hydroxyl groups is 1. The van der Waals surface area contributed by atoms with Crippen LogP contribution in [0.4, 0.5) is 0 Å². The minimum Gasteiger partial charge on any atom is -0.508 e. The molecular weight excluding hydrogens is 268 g/mol. The molecule has 1 rings (SSSR count). The molecule has 0 aliphatic heterocycles. The summed E-state index contributed by atoms with van der Waals surface area (Å²) in [4.78, 5) is 32.5. The van der Waals surface area contributed by atoms with E-state index in [2.05, 4.69) is 0 Å². The van der Waals surface area contributed by atoms with Gasteiger partial charge in [0.15, 0.2) is 0 Å². The molecule has 0 amide bonds. The van der Waals surface area contributed by atoms with Crippen LogP contribution < -0.4 is 9.47 Å². The largest absolute Gasteiger partial charge is 0.508 e. The number of carboxylic acids is 1. The summed E-state index contributed by atoms with van der Waals surface area (Å²) in [6, 6.07) is 2.21. The summed E-state index contributed by atoms with van der Waals surface area (Å²) < 4.78 is 9.69. The summed E-state index contributed by atoms with van der Waals surface area (Å²) in [7, 11) is 0. The first-order chi connectivity index (χ1) is 9.29. The summed E-state index contributed by atoms with van der Waals surface area (Å²) in [6.07, 6.45) is 1.88. The zero-order valence-electron chi connectivity index (χ0n) is 10.7. The van der Waals surface area contributed by atoms with Gasteiger partial charge in [0.1, 0.15) is 17.2 Å². The Kier molecular flexibility index (Phi) is 4.85. The van der Waals surface area contributed by atoms with E-state index in [0.717, 1.165) is 38.1 Å². The third-order valence-corrected chi connectivity index (χ3v) is 1.99. The van der Waals surface area contributed by atoms with Crippen LogP contribution in [0.2, 0.25) is 0 Å². The van der Waals surface area contributed by atoms with Gasteiger partial charge in [0.2, 0.25) is 0 Å². The number of hydrogen-bond acceptors (Lipinski definition) is 6. The van der Waals surface area contributed by atoms with Crippen LogP contribution in [0.1, 0.15) is 19.4 Å². The number of ether oxygens (including phenoxy) is 2. The molecule has 0 saturated carbocycles. The predicted molar refractivity (Wildman–Crippen MR) is 67.4 cm³/mol. The maximum Gasteiger partial charge on any atom is 0.328 e. The SMILES string of the molecule is CC(=O)Oc1cc(O)cc(OC(C)=O)c1C=CC(=O)O. The van der Waals surface area contributed by atoms with Crippen LogP contribution in [0, 0.1) is 0 Å². The second kappa shape index (κ2) is 6.37. The number of carbonyl (C=O) groups excluding carboxylic acids is 2. The summed E-state index contributed by atoms with van der Waals surface area (Å²) in [5, 5.41) is 18.1. The number of esters is 2. The Balaban J connectivity index is 3.39. The quantitative estimate of drug-likeness (QED) is 0.486. The molecule has 7 nitrogen and oxygen atoms in total. The van der Waals surface area contributed by atoms with Gasteiger partial charge in [0, 0.05) is 32.1 Å². The van der Waals surface area contributed by atoms with Crippen molar-refractivity contribution in [1.29, 1.82) is 0 Å². The van der Waals surface area contributed by atoms with Crippen molar-refractivity contribution in [2.75, 3.05) is 0 Å². The van der Waals surface area contributed by atoms with Gasteiger partial charge < -0.3 is 19.7 Å². The lowest BCUT2D eigenvalue weighted by Crippen LogP contribution is -2.07. The van der Waals surface area contributed by atoms with Crippen molar-refractivity contribution in [2.45, 2.75) is 13.8 Å². The van der Waals surface area contributed by atoms with Crippen LogP contribution in [-0.4, -0.2) is 28.1 Å². The molecule has 106 valence electrons. The molecule has 0 unspecified atom stereocenters. The molecule has 1 aromatic carbocycles. The van der Waals surface area contributed by atoms with Crippen LogP contribution in [-0.2, 0) is 14.4 Å². The third-order valence-electron chi connectivity index (χ3n) is 1.99. The highest BCUT2D eigenvalue weighted by Gasteiger charge is 2.15. The van der Waals surface area contributed by atoms with Gasteiger partial charge in [0.05, 0.1) is 5.56 Å². The highest BCUT2D eigenvalue weighted by molar-refractivity contribution is 5.88. The third kappa shape index (κ3) is 4.45. The minimum atomic E-state index is -1.24. The lowest BCUT2D eigenvalue weighted by Gasteiger charge is -2.11. The smallest absolute Gasteiger partial charge is 0.328 e. The molecule has 0 radical (unpaired) electrons. The Labute approximate surface area is 114 Å². The van der Waals surface area contributed by atoms with Crippen LogP contribution in [0.25, 0.3) is 6.08 Å².